The summed E-state index contributed by atoms with van der Waals surface area (Å²) in [5, 5.41) is 4.88. The maximum absolute atomic E-state index is 6.49. The molecule has 2 nitrogen and oxygen atoms in total. The van der Waals surface area contributed by atoms with Gasteiger partial charge in [0.25, 0.3) is 0 Å². The molecule has 0 spiro atoms. The second-order valence-electron chi connectivity index (χ2n) is 19.9. The number of benzene rings is 12. The lowest BCUT2D eigenvalue weighted by Crippen LogP contribution is -2.28. The highest BCUT2D eigenvalue weighted by atomic mass is 32.1. The Morgan fingerprint density at radius 2 is 0.816 bits per heavy atom. The van der Waals surface area contributed by atoms with Gasteiger partial charge in [0, 0.05) is 53.6 Å². The second-order valence-corrected chi connectivity index (χ2v) is 21.0. The molecular formula is C73H47NOS. The van der Waals surface area contributed by atoms with Gasteiger partial charge in [-0.15, -0.1) is 11.3 Å². The fraction of sp³-hybridized carbons (Fsp3) is 0.0137. The van der Waals surface area contributed by atoms with Gasteiger partial charge in [-0.25, -0.2) is 0 Å². The molecule has 0 aliphatic heterocycles. The van der Waals surface area contributed by atoms with Crippen LogP contribution in [0.4, 0.5) is 17.1 Å². The zero-order valence-electron chi connectivity index (χ0n) is 41.4. The summed E-state index contributed by atoms with van der Waals surface area (Å²) in [4.78, 5) is 2.38. The van der Waals surface area contributed by atoms with E-state index in [4.69, 9.17) is 4.42 Å². The summed E-state index contributed by atoms with van der Waals surface area (Å²) in [7, 11) is 0. The molecule has 0 saturated carbocycles. The van der Waals surface area contributed by atoms with Crippen LogP contribution in [0.5, 0.6) is 0 Å². The molecule has 0 unspecified atom stereocenters. The molecule has 0 saturated heterocycles. The van der Waals surface area contributed by atoms with Gasteiger partial charge in [-0.2, -0.15) is 0 Å². The summed E-state index contributed by atoms with van der Waals surface area (Å²) >= 11 is 1.86. The Kier molecular flexibility index (Phi) is 10.3. The minimum atomic E-state index is -0.419. The maximum atomic E-state index is 6.49. The molecule has 3 heteroatoms. The number of hydrogen-bond acceptors (Lipinski definition) is 3. The van der Waals surface area contributed by atoms with Gasteiger partial charge in [-0.1, -0.05) is 224 Å². The van der Waals surface area contributed by atoms with Crippen molar-refractivity contribution in [1.29, 1.82) is 0 Å². The first-order chi connectivity index (χ1) is 37.7. The number of nitrogens with zero attached hydrogens (tertiary/aromatic N) is 1. The van der Waals surface area contributed by atoms with E-state index in [1.165, 1.54) is 75.8 Å². The van der Waals surface area contributed by atoms with E-state index in [0.717, 1.165) is 61.3 Å². The topological polar surface area (TPSA) is 16.4 Å². The van der Waals surface area contributed by atoms with E-state index in [2.05, 4.69) is 278 Å². The highest BCUT2D eigenvalue weighted by molar-refractivity contribution is 7.25. The van der Waals surface area contributed by atoms with Crippen LogP contribution in [-0.2, 0) is 5.41 Å². The highest BCUT2D eigenvalue weighted by Crippen LogP contribution is 2.57. The molecule has 0 atom stereocenters. The largest absolute Gasteiger partial charge is 0.455 e. The van der Waals surface area contributed by atoms with Crippen LogP contribution in [0.15, 0.2) is 290 Å². The van der Waals surface area contributed by atoms with Gasteiger partial charge in [0.15, 0.2) is 0 Å². The molecule has 0 amide bonds. The zero-order chi connectivity index (χ0) is 50.2. The first kappa shape index (κ1) is 44.0. The molecule has 14 aromatic rings. The van der Waals surface area contributed by atoms with E-state index >= 15 is 0 Å². The number of furan rings is 1. The molecule has 0 fully saturated rings. The van der Waals surface area contributed by atoms with Crippen molar-refractivity contribution in [1.82, 2.24) is 0 Å². The van der Waals surface area contributed by atoms with Gasteiger partial charge in [-0.05, 0) is 133 Å². The van der Waals surface area contributed by atoms with Crippen LogP contribution in [0.3, 0.4) is 0 Å². The summed E-state index contributed by atoms with van der Waals surface area (Å²) in [6.45, 7) is 0. The Morgan fingerprint density at radius 3 is 1.55 bits per heavy atom. The highest BCUT2D eigenvalue weighted by Gasteiger charge is 2.46. The lowest BCUT2D eigenvalue weighted by atomic mass is 9.67. The van der Waals surface area contributed by atoms with E-state index in [1.54, 1.807) is 0 Å². The molecular weight excluding hydrogens is 939 g/mol. The molecule has 356 valence electrons. The molecule has 1 aliphatic rings. The minimum Gasteiger partial charge on any atom is -0.455 e. The number of rotatable bonds is 9. The average Bonchev–Trinajstić information content (AvgIpc) is 4.32. The lowest BCUT2D eigenvalue weighted by Gasteiger charge is -2.33. The molecule has 15 rings (SSSR count). The normalized spacial score (nSPS) is 12.6. The van der Waals surface area contributed by atoms with Crippen molar-refractivity contribution in [3.63, 3.8) is 0 Å². The Labute approximate surface area is 445 Å². The summed E-state index contributed by atoms with van der Waals surface area (Å²) < 4.78 is 9.11. The van der Waals surface area contributed by atoms with Crippen molar-refractivity contribution >= 4 is 70.5 Å². The monoisotopic (exact) mass is 985 g/mol. The first-order valence-corrected chi connectivity index (χ1v) is 26.9. The average molecular weight is 986 g/mol. The van der Waals surface area contributed by atoms with Gasteiger partial charge in [0.1, 0.15) is 11.2 Å². The molecule has 2 aromatic heterocycles. The molecule has 0 bridgehead atoms. The third kappa shape index (κ3) is 7.01. The minimum absolute atomic E-state index is 0.419. The van der Waals surface area contributed by atoms with Crippen LogP contribution in [0.25, 0.3) is 97.7 Å². The number of anilines is 3. The quantitative estimate of drug-likeness (QED) is 0.143. The standard InChI is InChI=1S/C73H47NOS/c1-3-17-54(18-4-1)73(55-19-5-2-6-20-55)66-28-10-7-22-61(66)65-47-53(40-45-67(65)73)49-34-32-48(33-35-49)52-16-13-21-58(46-52)74(56-41-36-50(37-42-56)59-25-15-31-70-71(59)64-24-9-12-30-69(64)76-70)57-43-38-51(39-44-57)60-26-14-27-63-62-23-8-11-29-68(62)75-72(60)63/h1-47H. The number of thiophene rings is 1. The van der Waals surface area contributed by atoms with E-state index < -0.39 is 5.41 Å². The van der Waals surface area contributed by atoms with E-state index in [0.29, 0.717) is 0 Å². The molecule has 0 radical (unpaired) electrons. The summed E-state index contributed by atoms with van der Waals surface area (Å²) in [6.07, 6.45) is 0. The molecule has 76 heavy (non-hydrogen) atoms. The van der Waals surface area contributed by atoms with E-state index in [1.807, 2.05) is 23.5 Å². The summed E-state index contributed by atoms with van der Waals surface area (Å²) in [5.41, 5.74) is 21.7. The Balaban J connectivity index is 0.800. The van der Waals surface area contributed by atoms with Crippen molar-refractivity contribution in [2.24, 2.45) is 0 Å². The van der Waals surface area contributed by atoms with Crippen LogP contribution >= 0.6 is 11.3 Å². The zero-order valence-corrected chi connectivity index (χ0v) is 42.2. The smallest absolute Gasteiger partial charge is 0.143 e. The van der Waals surface area contributed by atoms with Crippen LogP contribution in [0, 0.1) is 0 Å². The van der Waals surface area contributed by atoms with Gasteiger partial charge in [0.2, 0.25) is 0 Å². The van der Waals surface area contributed by atoms with Gasteiger partial charge in [-0.3, -0.25) is 0 Å². The van der Waals surface area contributed by atoms with Crippen LogP contribution in [0.2, 0.25) is 0 Å². The fourth-order valence-electron chi connectivity index (χ4n) is 12.3. The fourth-order valence-corrected chi connectivity index (χ4v) is 13.5. The lowest BCUT2D eigenvalue weighted by molar-refractivity contribution is 0.670. The summed E-state index contributed by atoms with van der Waals surface area (Å²) in [6, 6.07) is 104. The van der Waals surface area contributed by atoms with E-state index in [-0.39, 0.29) is 0 Å². The predicted octanol–water partition coefficient (Wildman–Crippen LogP) is 20.5. The molecule has 2 heterocycles. The second kappa shape index (κ2) is 17.8. The van der Waals surface area contributed by atoms with Crippen molar-refractivity contribution in [3.05, 3.63) is 307 Å². The Morgan fingerprint density at radius 1 is 0.303 bits per heavy atom. The maximum Gasteiger partial charge on any atom is 0.143 e. The van der Waals surface area contributed by atoms with Crippen molar-refractivity contribution in [3.8, 4) is 55.6 Å². The van der Waals surface area contributed by atoms with Crippen LogP contribution in [-0.4, -0.2) is 0 Å². The molecule has 12 aromatic carbocycles. The van der Waals surface area contributed by atoms with Crippen molar-refractivity contribution in [2.45, 2.75) is 5.41 Å². The number of fused-ring (bicyclic) bond motifs is 9. The Bertz CT molecular complexity index is 4450. The first-order valence-electron chi connectivity index (χ1n) is 26.1. The Hall–Kier alpha value is -9.54. The molecule has 0 N–H and O–H groups in total. The predicted molar refractivity (Wildman–Crippen MR) is 320 cm³/mol. The van der Waals surface area contributed by atoms with Crippen LogP contribution in [0.1, 0.15) is 22.3 Å². The van der Waals surface area contributed by atoms with E-state index in [9.17, 15) is 0 Å². The van der Waals surface area contributed by atoms with Crippen molar-refractivity contribution in [2.75, 3.05) is 4.90 Å². The van der Waals surface area contributed by atoms with Crippen molar-refractivity contribution < 1.29 is 4.42 Å². The van der Waals surface area contributed by atoms with Gasteiger partial charge < -0.3 is 9.32 Å². The molecule has 1 aliphatic carbocycles. The number of para-hydroxylation sites is 2. The summed E-state index contributed by atoms with van der Waals surface area (Å²) in [5.74, 6) is 0. The third-order valence-electron chi connectivity index (χ3n) is 15.8. The third-order valence-corrected chi connectivity index (χ3v) is 16.9. The van der Waals surface area contributed by atoms with Crippen LogP contribution < -0.4 is 4.90 Å². The van der Waals surface area contributed by atoms with Gasteiger partial charge in [0.05, 0.1) is 5.41 Å². The SMILES string of the molecule is c1ccc(C2(c3ccccc3)c3ccccc3-c3cc(-c4ccc(-c5cccc(N(c6ccc(-c7cccc8c7oc7ccccc78)cc6)c6ccc(-c7cccc8sc9ccccc9c78)cc6)c5)cc4)ccc32)cc1. The van der Waals surface area contributed by atoms with Gasteiger partial charge >= 0.3 is 0 Å². The number of hydrogen-bond donors (Lipinski definition) is 0.